The number of urea groups is 1. The van der Waals surface area contributed by atoms with E-state index >= 15 is 0 Å². The summed E-state index contributed by atoms with van der Waals surface area (Å²) in [6, 6.07) is -0.380. The van der Waals surface area contributed by atoms with Gasteiger partial charge in [0.1, 0.15) is 0 Å². The molecule has 0 aromatic carbocycles. The molecule has 1 rings (SSSR count). The van der Waals surface area contributed by atoms with Crippen LogP contribution in [0, 0.1) is 0 Å². The first-order valence-corrected chi connectivity index (χ1v) is 5.01. The summed E-state index contributed by atoms with van der Waals surface area (Å²) >= 11 is 0. The smallest absolute Gasteiger partial charge is 0.312 e. The Balaban J connectivity index is 2.15. The van der Waals surface area contributed by atoms with Crippen molar-refractivity contribution in [3.05, 3.63) is 0 Å². The summed E-state index contributed by atoms with van der Waals surface area (Å²) in [5.74, 6) is -0.157. The summed E-state index contributed by atoms with van der Waals surface area (Å²) in [5, 5.41) is 5.13. The topological polar surface area (TPSA) is 84.2 Å². The van der Waals surface area contributed by atoms with Gasteiger partial charge < -0.3 is 16.4 Å². The Morgan fingerprint density at radius 1 is 1.21 bits per heavy atom. The molecule has 1 saturated carbocycles. The molecule has 0 aliphatic heterocycles. The number of rotatable bonds is 3. The predicted octanol–water partition coefficient (Wildman–Crippen LogP) is 0.104. The lowest BCUT2D eigenvalue weighted by Crippen LogP contribution is -2.43. The first kappa shape index (κ1) is 10.8. The molecular formula is C9H17N3O2. The second kappa shape index (κ2) is 5.47. The van der Waals surface area contributed by atoms with E-state index in [1.807, 2.05) is 0 Å². The van der Waals surface area contributed by atoms with Crippen molar-refractivity contribution in [1.29, 1.82) is 0 Å². The largest absolute Gasteiger partial charge is 0.352 e. The molecule has 0 atom stereocenters. The van der Waals surface area contributed by atoms with Gasteiger partial charge in [0.25, 0.3) is 0 Å². The van der Waals surface area contributed by atoms with Crippen molar-refractivity contribution in [1.82, 2.24) is 10.6 Å². The van der Waals surface area contributed by atoms with Gasteiger partial charge in [-0.25, -0.2) is 4.79 Å². The average molecular weight is 199 g/mol. The van der Waals surface area contributed by atoms with E-state index in [1.54, 1.807) is 0 Å². The second-order valence-corrected chi connectivity index (χ2v) is 3.62. The van der Waals surface area contributed by atoms with Crippen LogP contribution in [0.2, 0.25) is 0 Å². The van der Waals surface area contributed by atoms with Crippen LogP contribution in [0.15, 0.2) is 0 Å². The summed E-state index contributed by atoms with van der Waals surface area (Å²) in [6.07, 6.45) is 5.69. The summed E-state index contributed by atoms with van der Waals surface area (Å²) < 4.78 is 0. The van der Waals surface area contributed by atoms with Crippen LogP contribution in [0.5, 0.6) is 0 Å². The highest BCUT2D eigenvalue weighted by atomic mass is 16.2. The zero-order valence-corrected chi connectivity index (χ0v) is 8.21. The molecule has 1 aliphatic rings. The van der Waals surface area contributed by atoms with Crippen LogP contribution in [0.3, 0.4) is 0 Å². The molecule has 0 radical (unpaired) electrons. The van der Waals surface area contributed by atoms with E-state index in [0.29, 0.717) is 0 Å². The van der Waals surface area contributed by atoms with Crippen molar-refractivity contribution >= 4 is 11.9 Å². The van der Waals surface area contributed by atoms with Crippen molar-refractivity contribution in [2.24, 2.45) is 5.73 Å². The number of hydrogen-bond acceptors (Lipinski definition) is 2. The standard InChI is InChI=1S/C9H17N3O2/c10-9(14)11-6-8(13)12-7-4-2-1-3-5-7/h7H,1-6H2,(H,12,13)(H3,10,11,14). The number of carbonyl (C=O) groups is 2. The minimum atomic E-state index is -0.663. The zero-order valence-electron chi connectivity index (χ0n) is 8.21. The van der Waals surface area contributed by atoms with Crippen LogP contribution in [0.4, 0.5) is 4.79 Å². The quantitative estimate of drug-likeness (QED) is 0.602. The molecule has 0 unspecified atom stereocenters. The molecule has 5 heteroatoms. The molecule has 0 aromatic rings. The molecule has 0 heterocycles. The van der Waals surface area contributed by atoms with E-state index in [2.05, 4.69) is 10.6 Å². The molecule has 0 saturated heterocycles. The molecule has 1 aliphatic carbocycles. The molecule has 80 valence electrons. The van der Waals surface area contributed by atoms with E-state index in [1.165, 1.54) is 19.3 Å². The van der Waals surface area contributed by atoms with Gasteiger partial charge in [0, 0.05) is 6.04 Å². The molecular weight excluding hydrogens is 182 g/mol. The monoisotopic (exact) mass is 199 g/mol. The van der Waals surface area contributed by atoms with Crippen LogP contribution >= 0.6 is 0 Å². The molecule has 0 aromatic heterocycles. The Morgan fingerprint density at radius 2 is 1.86 bits per heavy atom. The lowest BCUT2D eigenvalue weighted by atomic mass is 9.95. The number of nitrogens with two attached hydrogens (primary N) is 1. The average Bonchev–Trinajstić information content (AvgIpc) is 2.16. The van der Waals surface area contributed by atoms with Crippen LogP contribution in [0.25, 0.3) is 0 Å². The van der Waals surface area contributed by atoms with Crippen LogP contribution in [-0.2, 0) is 4.79 Å². The highest BCUT2D eigenvalue weighted by molar-refractivity contribution is 5.83. The lowest BCUT2D eigenvalue weighted by molar-refractivity contribution is -0.121. The molecule has 4 N–H and O–H groups in total. The third-order valence-electron chi connectivity index (χ3n) is 2.39. The molecule has 0 spiro atoms. The van der Waals surface area contributed by atoms with Crippen LogP contribution in [-0.4, -0.2) is 24.5 Å². The predicted molar refractivity (Wildman–Crippen MR) is 52.6 cm³/mol. The van der Waals surface area contributed by atoms with Crippen molar-refractivity contribution < 1.29 is 9.59 Å². The number of carbonyl (C=O) groups excluding carboxylic acids is 2. The fraction of sp³-hybridized carbons (Fsp3) is 0.778. The van der Waals surface area contributed by atoms with E-state index in [0.717, 1.165) is 12.8 Å². The van der Waals surface area contributed by atoms with E-state index < -0.39 is 6.03 Å². The minimum absolute atomic E-state index is 0.0220. The van der Waals surface area contributed by atoms with Crippen LogP contribution in [0.1, 0.15) is 32.1 Å². The van der Waals surface area contributed by atoms with Gasteiger partial charge in [-0.2, -0.15) is 0 Å². The number of nitrogens with one attached hydrogen (secondary N) is 2. The van der Waals surface area contributed by atoms with Gasteiger partial charge >= 0.3 is 6.03 Å². The highest BCUT2D eigenvalue weighted by Gasteiger charge is 2.15. The SMILES string of the molecule is NC(=O)NCC(=O)NC1CCCCC1. The van der Waals surface area contributed by atoms with Crippen molar-refractivity contribution in [2.45, 2.75) is 38.1 Å². The maximum absolute atomic E-state index is 11.2. The Bertz CT molecular complexity index is 212. The van der Waals surface area contributed by atoms with Crippen molar-refractivity contribution in [3.63, 3.8) is 0 Å². The first-order valence-electron chi connectivity index (χ1n) is 5.01. The fourth-order valence-electron chi connectivity index (χ4n) is 1.69. The van der Waals surface area contributed by atoms with Gasteiger partial charge in [-0.3, -0.25) is 4.79 Å². The maximum atomic E-state index is 11.2. The molecule has 14 heavy (non-hydrogen) atoms. The van der Waals surface area contributed by atoms with Gasteiger partial charge in [-0.15, -0.1) is 0 Å². The fourth-order valence-corrected chi connectivity index (χ4v) is 1.69. The van der Waals surface area contributed by atoms with Gasteiger partial charge in [0.15, 0.2) is 0 Å². The zero-order chi connectivity index (χ0) is 10.4. The van der Waals surface area contributed by atoms with Gasteiger partial charge in [0.2, 0.25) is 5.91 Å². The van der Waals surface area contributed by atoms with E-state index in [4.69, 9.17) is 5.73 Å². The van der Waals surface area contributed by atoms with Gasteiger partial charge in [-0.05, 0) is 12.8 Å². The summed E-state index contributed by atoms with van der Waals surface area (Å²) in [4.78, 5) is 21.6. The van der Waals surface area contributed by atoms with Crippen LogP contribution < -0.4 is 16.4 Å². The summed E-state index contributed by atoms with van der Waals surface area (Å²) in [5.41, 5.74) is 4.84. The second-order valence-electron chi connectivity index (χ2n) is 3.62. The van der Waals surface area contributed by atoms with E-state index in [-0.39, 0.29) is 18.5 Å². The number of amides is 3. The Morgan fingerprint density at radius 3 is 2.43 bits per heavy atom. The Kier molecular flexibility index (Phi) is 4.22. The maximum Gasteiger partial charge on any atom is 0.312 e. The van der Waals surface area contributed by atoms with E-state index in [9.17, 15) is 9.59 Å². The third kappa shape index (κ3) is 4.11. The first-order chi connectivity index (χ1) is 6.68. The van der Waals surface area contributed by atoms with Gasteiger partial charge in [0.05, 0.1) is 6.54 Å². The highest BCUT2D eigenvalue weighted by Crippen LogP contribution is 2.16. The molecule has 5 nitrogen and oxygen atoms in total. The summed E-state index contributed by atoms with van der Waals surface area (Å²) in [7, 11) is 0. The third-order valence-corrected chi connectivity index (χ3v) is 2.39. The molecule has 1 fully saturated rings. The molecule has 0 bridgehead atoms. The number of primary amides is 1. The molecule has 3 amide bonds. The van der Waals surface area contributed by atoms with Crippen molar-refractivity contribution in [3.8, 4) is 0 Å². The van der Waals surface area contributed by atoms with Crippen molar-refractivity contribution in [2.75, 3.05) is 6.54 Å². The Hall–Kier alpha value is -1.26. The summed E-state index contributed by atoms with van der Waals surface area (Å²) in [6.45, 7) is -0.0220. The minimum Gasteiger partial charge on any atom is -0.352 e. The lowest BCUT2D eigenvalue weighted by Gasteiger charge is -2.22. The Labute approximate surface area is 83.4 Å². The van der Waals surface area contributed by atoms with Gasteiger partial charge in [-0.1, -0.05) is 19.3 Å². The number of hydrogen-bond donors (Lipinski definition) is 3. The normalized spacial score (nSPS) is 17.4.